The summed E-state index contributed by atoms with van der Waals surface area (Å²) >= 11 is 5.93. The Morgan fingerprint density at radius 3 is 2.34 bits per heavy atom. The quantitative estimate of drug-likeness (QED) is 0.777. The van der Waals surface area contributed by atoms with Crippen LogP contribution in [0.25, 0.3) is 0 Å². The second-order valence-corrected chi connectivity index (χ2v) is 7.05. The maximum absolute atomic E-state index is 13.9. The molecule has 2 aliphatic rings. The third-order valence-corrected chi connectivity index (χ3v) is 5.18. The first-order valence-corrected chi connectivity index (χ1v) is 9.01. The van der Waals surface area contributed by atoms with E-state index in [1.807, 2.05) is 6.07 Å². The van der Waals surface area contributed by atoms with Crippen LogP contribution in [0.15, 0.2) is 71.2 Å². The summed E-state index contributed by atoms with van der Waals surface area (Å²) in [6.07, 6.45) is -5.86. The molecule has 0 spiro atoms. The van der Waals surface area contributed by atoms with Gasteiger partial charge < -0.3 is 10.5 Å². The van der Waals surface area contributed by atoms with Gasteiger partial charge in [-0.25, -0.2) is 5.01 Å². The number of benzene rings is 2. The first-order chi connectivity index (χ1) is 13.8. The maximum Gasteiger partial charge on any atom is 0.431 e. The van der Waals surface area contributed by atoms with Gasteiger partial charge in [-0.15, -0.1) is 0 Å². The SMILES string of the molecule is N#CC1=C(N)O[C@@H]2[C@H](C(C(F)(F)F)=NN2c2ccccc2)[C@@H]1c1ccc(Cl)cc1. The molecule has 0 radical (unpaired) electrons. The number of ether oxygens (including phenoxy) is 1. The Kier molecular flexibility index (Phi) is 4.63. The molecule has 0 fully saturated rings. The number of allylic oxidation sites excluding steroid dienone is 1. The number of hydrogen-bond donors (Lipinski definition) is 1. The molecule has 2 aliphatic heterocycles. The Hall–Kier alpha value is -3.18. The molecule has 0 unspecified atom stereocenters. The van der Waals surface area contributed by atoms with Crippen molar-refractivity contribution in [3.63, 3.8) is 0 Å². The number of fused-ring (bicyclic) bond motifs is 1. The second-order valence-electron chi connectivity index (χ2n) is 6.62. The molecular formula is C20H14ClF3N4O. The van der Waals surface area contributed by atoms with Crippen LogP contribution < -0.4 is 10.7 Å². The van der Waals surface area contributed by atoms with E-state index in [-0.39, 0.29) is 11.5 Å². The normalized spacial score (nSPS) is 23.9. The Labute approximate surface area is 169 Å². The second kappa shape index (κ2) is 7.01. The van der Waals surface area contributed by atoms with E-state index in [4.69, 9.17) is 22.1 Å². The van der Waals surface area contributed by atoms with Crippen molar-refractivity contribution in [2.45, 2.75) is 18.3 Å². The van der Waals surface area contributed by atoms with Crippen LogP contribution in [0.3, 0.4) is 0 Å². The molecule has 0 saturated heterocycles. The first-order valence-electron chi connectivity index (χ1n) is 8.63. The predicted molar refractivity (Wildman–Crippen MR) is 102 cm³/mol. The van der Waals surface area contributed by atoms with Gasteiger partial charge in [-0.2, -0.15) is 23.5 Å². The van der Waals surface area contributed by atoms with E-state index >= 15 is 0 Å². The molecule has 2 aromatic carbocycles. The Balaban J connectivity index is 1.90. The Morgan fingerprint density at radius 2 is 1.76 bits per heavy atom. The minimum Gasteiger partial charge on any atom is -0.452 e. The van der Waals surface area contributed by atoms with Crippen molar-refractivity contribution in [1.82, 2.24) is 0 Å². The third kappa shape index (κ3) is 3.28. The molecule has 0 aromatic heterocycles. The lowest BCUT2D eigenvalue weighted by Crippen LogP contribution is -2.46. The molecule has 2 aromatic rings. The van der Waals surface area contributed by atoms with Gasteiger partial charge in [-0.05, 0) is 29.8 Å². The van der Waals surface area contributed by atoms with Gasteiger partial charge in [0.15, 0.2) is 5.71 Å². The molecule has 2 N–H and O–H groups in total. The smallest absolute Gasteiger partial charge is 0.431 e. The number of hydrogen-bond acceptors (Lipinski definition) is 5. The zero-order chi connectivity index (χ0) is 20.8. The van der Waals surface area contributed by atoms with Crippen molar-refractivity contribution in [2.75, 3.05) is 5.01 Å². The molecule has 0 aliphatic carbocycles. The van der Waals surface area contributed by atoms with E-state index in [1.54, 1.807) is 54.6 Å². The molecule has 5 nitrogen and oxygen atoms in total. The average molecular weight is 419 g/mol. The number of halogens is 4. The number of anilines is 1. The number of para-hydroxylation sites is 1. The van der Waals surface area contributed by atoms with E-state index in [9.17, 15) is 18.4 Å². The van der Waals surface area contributed by atoms with Gasteiger partial charge >= 0.3 is 6.18 Å². The maximum atomic E-state index is 13.9. The number of nitriles is 1. The lowest BCUT2D eigenvalue weighted by atomic mass is 9.76. The van der Waals surface area contributed by atoms with Gasteiger partial charge in [0.1, 0.15) is 6.07 Å². The number of hydrazone groups is 1. The third-order valence-electron chi connectivity index (χ3n) is 4.92. The number of nitrogens with two attached hydrogens (primary N) is 1. The van der Waals surface area contributed by atoms with Crippen LogP contribution in [0.2, 0.25) is 5.02 Å². The van der Waals surface area contributed by atoms with Crippen molar-refractivity contribution in [1.29, 1.82) is 5.26 Å². The molecule has 148 valence electrons. The van der Waals surface area contributed by atoms with Crippen LogP contribution >= 0.6 is 11.6 Å². The van der Waals surface area contributed by atoms with Crippen molar-refractivity contribution < 1.29 is 17.9 Å². The summed E-state index contributed by atoms with van der Waals surface area (Å²) in [6, 6.07) is 16.6. The molecule has 29 heavy (non-hydrogen) atoms. The zero-order valence-corrected chi connectivity index (χ0v) is 15.5. The van der Waals surface area contributed by atoms with Crippen LogP contribution in [0.1, 0.15) is 11.5 Å². The van der Waals surface area contributed by atoms with Crippen molar-refractivity contribution in [2.24, 2.45) is 16.8 Å². The van der Waals surface area contributed by atoms with Crippen LogP contribution in [0.5, 0.6) is 0 Å². The number of alkyl halides is 3. The summed E-state index contributed by atoms with van der Waals surface area (Å²) in [5, 5.41) is 15.1. The molecule has 3 atom stereocenters. The molecule has 2 heterocycles. The standard InChI is InChI=1S/C20H14ClF3N4O/c21-12-8-6-11(7-9-12)15-14(10-25)18(26)29-19-16(15)17(20(22,23)24)27-28(19)13-4-2-1-3-5-13/h1-9,15-16,19H,26H2/t15-,16+,19-/m1/s1. The van der Waals surface area contributed by atoms with Gasteiger partial charge in [0.2, 0.25) is 12.1 Å². The largest absolute Gasteiger partial charge is 0.452 e. The van der Waals surface area contributed by atoms with Crippen molar-refractivity contribution in [3.05, 3.63) is 76.6 Å². The summed E-state index contributed by atoms with van der Waals surface area (Å²) in [5.41, 5.74) is 5.75. The topological polar surface area (TPSA) is 74.6 Å². The van der Waals surface area contributed by atoms with E-state index in [0.29, 0.717) is 16.3 Å². The summed E-state index contributed by atoms with van der Waals surface area (Å²) in [4.78, 5) is 0. The summed E-state index contributed by atoms with van der Waals surface area (Å²) in [6.45, 7) is 0. The Morgan fingerprint density at radius 1 is 1.10 bits per heavy atom. The lowest BCUT2D eigenvalue weighted by Gasteiger charge is -2.37. The van der Waals surface area contributed by atoms with E-state index < -0.39 is 30.0 Å². The molecule has 9 heteroatoms. The van der Waals surface area contributed by atoms with Gasteiger partial charge in [-0.3, -0.25) is 0 Å². The highest BCUT2D eigenvalue weighted by Gasteiger charge is 2.57. The predicted octanol–water partition coefficient (Wildman–Crippen LogP) is 4.53. The van der Waals surface area contributed by atoms with E-state index in [0.717, 1.165) is 5.01 Å². The van der Waals surface area contributed by atoms with E-state index in [2.05, 4.69) is 5.10 Å². The van der Waals surface area contributed by atoms with Crippen LogP contribution in [-0.2, 0) is 4.74 Å². The summed E-state index contributed by atoms with van der Waals surface area (Å²) in [5.74, 6) is -2.48. The van der Waals surface area contributed by atoms with Crippen molar-refractivity contribution in [3.8, 4) is 6.07 Å². The van der Waals surface area contributed by atoms with Gasteiger partial charge in [0.25, 0.3) is 0 Å². The monoisotopic (exact) mass is 418 g/mol. The lowest BCUT2D eigenvalue weighted by molar-refractivity contribution is -0.0658. The Bertz CT molecular complexity index is 1030. The first kappa shape index (κ1) is 19.2. The van der Waals surface area contributed by atoms with Crippen molar-refractivity contribution >= 4 is 23.0 Å². The van der Waals surface area contributed by atoms with Crippen LogP contribution in [0.4, 0.5) is 18.9 Å². The minimum absolute atomic E-state index is 0.0690. The van der Waals surface area contributed by atoms with Gasteiger partial charge in [0.05, 0.1) is 17.2 Å². The summed E-state index contributed by atoms with van der Waals surface area (Å²) in [7, 11) is 0. The fraction of sp³-hybridized carbons (Fsp3) is 0.200. The molecule has 0 bridgehead atoms. The molecule has 4 rings (SSSR count). The molecule has 0 saturated carbocycles. The summed E-state index contributed by atoms with van der Waals surface area (Å²) < 4.78 is 47.4. The number of nitrogens with zero attached hydrogens (tertiary/aromatic N) is 3. The van der Waals surface area contributed by atoms with E-state index in [1.165, 1.54) is 0 Å². The highest BCUT2D eigenvalue weighted by molar-refractivity contribution is 6.30. The minimum atomic E-state index is -4.72. The van der Waals surface area contributed by atoms with Crippen LogP contribution in [0, 0.1) is 17.2 Å². The molecule has 0 amide bonds. The van der Waals surface area contributed by atoms with Gasteiger partial charge in [0, 0.05) is 10.9 Å². The average Bonchev–Trinajstić information content (AvgIpc) is 3.08. The fourth-order valence-electron chi connectivity index (χ4n) is 3.70. The fourth-order valence-corrected chi connectivity index (χ4v) is 3.82. The van der Waals surface area contributed by atoms with Crippen LogP contribution in [-0.4, -0.2) is 18.1 Å². The van der Waals surface area contributed by atoms with Gasteiger partial charge in [-0.1, -0.05) is 41.9 Å². The zero-order valence-electron chi connectivity index (χ0n) is 14.8. The molecular weight excluding hydrogens is 405 g/mol. The number of rotatable bonds is 2. The highest BCUT2D eigenvalue weighted by atomic mass is 35.5. The highest BCUT2D eigenvalue weighted by Crippen LogP contribution is 2.48.